The van der Waals surface area contributed by atoms with Crippen molar-refractivity contribution in [1.29, 1.82) is 0 Å². The van der Waals surface area contributed by atoms with Crippen LogP contribution in [0.25, 0.3) is 22.2 Å². The van der Waals surface area contributed by atoms with E-state index in [2.05, 4.69) is 34.7 Å². The molecule has 6 rings (SSSR count). The number of anilines is 1. The summed E-state index contributed by atoms with van der Waals surface area (Å²) in [6.07, 6.45) is -1.92. The van der Waals surface area contributed by atoms with Crippen molar-refractivity contribution in [2.45, 2.75) is 38.0 Å². The number of aromatic nitrogens is 2. The zero-order chi connectivity index (χ0) is 25.4. The molecule has 1 fully saturated rings. The zero-order valence-electron chi connectivity index (χ0n) is 20.2. The molecule has 3 nitrogen and oxygen atoms in total. The first-order valence-corrected chi connectivity index (χ1v) is 12.5. The Morgan fingerprint density at radius 1 is 0.811 bits per heavy atom. The molecule has 4 aromatic carbocycles. The molecule has 0 saturated heterocycles. The van der Waals surface area contributed by atoms with E-state index in [9.17, 15) is 13.2 Å². The molecule has 1 aromatic heterocycles. The van der Waals surface area contributed by atoms with Crippen LogP contribution in [0.2, 0.25) is 0 Å². The molecular formula is C31H26F3N3. The summed E-state index contributed by atoms with van der Waals surface area (Å²) in [5.74, 6) is 0.729. The van der Waals surface area contributed by atoms with E-state index in [0.717, 1.165) is 28.8 Å². The van der Waals surface area contributed by atoms with Gasteiger partial charge >= 0.3 is 6.18 Å². The van der Waals surface area contributed by atoms with E-state index in [4.69, 9.17) is 0 Å². The van der Waals surface area contributed by atoms with E-state index < -0.39 is 11.7 Å². The number of alkyl halides is 3. The van der Waals surface area contributed by atoms with Gasteiger partial charge in [-0.25, -0.2) is 0 Å². The molecule has 1 aliphatic rings. The highest BCUT2D eigenvalue weighted by Gasteiger charge is 2.34. The highest BCUT2D eigenvalue weighted by atomic mass is 19.4. The minimum atomic E-state index is -4.48. The summed E-state index contributed by atoms with van der Waals surface area (Å²) in [6, 6.07) is 30.5. The van der Waals surface area contributed by atoms with Crippen molar-refractivity contribution in [1.82, 2.24) is 9.78 Å². The van der Waals surface area contributed by atoms with Gasteiger partial charge in [0.2, 0.25) is 0 Å². The second kappa shape index (κ2) is 9.43. The Balaban J connectivity index is 1.35. The Labute approximate surface area is 213 Å². The molecule has 186 valence electrons. The fourth-order valence-corrected chi connectivity index (χ4v) is 4.86. The van der Waals surface area contributed by atoms with Crippen LogP contribution in [0.15, 0.2) is 97.1 Å². The lowest BCUT2D eigenvalue weighted by atomic mass is 10.0. The van der Waals surface area contributed by atoms with Crippen LogP contribution >= 0.6 is 0 Å². The molecule has 0 bridgehead atoms. The predicted octanol–water partition coefficient (Wildman–Crippen LogP) is 8.26. The van der Waals surface area contributed by atoms with Gasteiger partial charge in [0.25, 0.3) is 0 Å². The molecule has 0 aliphatic heterocycles. The number of hydrogen-bond acceptors (Lipinski definition) is 2. The van der Waals surface area contributed by atoms with Gasteiger partial charge in [-0.3, -0.25) is 4.68 Å². The number of hydrogen-bond donors (Lipinski definition) is 1. The summed E-state index contributed by atoms with van der Waals surface area (Å²) in [5, 5.41) is 8.43. The topological polar surface area (TPSA) is 29.9 Å². The SMILES string of the molecule is FC(F)(F)c1cccc2c(-c3cccc(NCc4ccc(C5CC5)cc4)c3)n(Cc3ccccc3)nc12. The van der Waals surface area contributed by atoms with Crippen molar-refractivity contribution in [2.75, 3.05) is 5.32 Å². The lowest BCUT2D eigenvalue weighted by Crippen LogP contribution is -2.06. The van der Waals surface area contributed by atoms with Crippen LogP contribution in [0.4, 0.5) is 18.9 Å². The zero-order valence-corrected chi connectivity index (χ0v) is 20.2. The fourth-order valence-electron chi connectivity index (χ4n) is 4.86. The summed E-state index contributed by atoms with van der Waals surface area (Å²) in [5.41, 5.74) is 5.18. The molecule has 6 heteroatoms. The molecule has 0 atom stereocenters. The largest absolute Gasteiger partial charge is 0.418 e. The molecule has 0 radical (unpaired) electrons. The van der Waals surface area contributed by atoms with Gasteiger partial charge in [0.1, 0.15) is 5.52 Å². The third-order valence-electron chi connectivity index (χ3n) is 6.91. The van der Waals surface area contributed by atoms with Gasteiger partial charge in [-0.15, -0.1) is 0 Å². The van der Waals surface area contributed by atoms with Crippen LogP contribution < -0.4 is 5.32 Å². The second-order valence-electron chi connectivity index (χ2n) is 9.64. The van der Waals surface area contributed by atoms with Gasteiger partial charge in [0, 0.05) is 23.2 Å². The molecule has 1 saturated carbocycles. The Morgan fingerprint density at radius 3 is 2.30 bits per heavy atom. The van der Waals surface area contributed by atoms with Crippen molar-refractivity contribution in [3.8, 4) is 11.3 Å². The van der Waals surface area contributed by atoms with E-state index in [1.807, 2.05) is 54.6 Å². The number of halogens is 3. The van der Waals surface area contributed by atoms with Gasteiger partial charge in [-0.2, -0.15) is 18.3 Å². The van der Waals surface area contributed by atoms with Crippen molar-refractivity contribution in [3.63, 3.8) is 0 Å². The van der Waals surface area contributed by atoms with Crippen LogP contribution in [-0.4, -0.2) is 9.78 Å². The normalized spacial score (nSPS) is 13.7. The Kier molecular flexibility index (Phi) is 5.95. The molecule has 0 spiro atoms. The number of rotatable bonds is 7. The smallest absolute Gasteiger partial charge is 0.381 e. The number of nitrogens with one attached hydrogen (secondary N) is 1. The number of nitrogens with zero attached hydrogens (tertiary/aromatic N) is 2. The minimum Gasteiger partial charge on any atom is -0.381 e. The Morgan fingerprint density at radius 2 is 1.57 bits per heavy atom. The Hall–Kier alpha value is -4.06. The van der Waals surface area contributed by atoms with Crippen LogP contribution in [0.1, 0.15) is 41.0 Å². The summed E-state index contributed by atoms with van der Waals surface area (Å²) in [4.78, 5) is 0. The second-order valence-corrected chi connectivity index (χ2v) is 9.64. The van der Waals surface area contributed by atoms with Crippen LogP contribution in [0.3, 0.4) is 0 Å². The average Bonchev–Trinajstić information content (AvgIpc) is 3.69. The quantitative estimate of drug-likeness (QED) is 0.245. The predicted molar refractivity (Wildman–Crippen MR) is 141 cm³/mol. The molecule has 1 N–H and O–H groups in total. The monoisotopic (exact) mass is 497 g/mol. The summed E-state index contributed by atoms with van der Waals surface area (Å²) >= 11 is 0. The highest BCUT2D eigenvalue weighted by Crippen LogP contribution is 2.40. The average molecular weight is 498 g/mol. The number of benzene rings is 4. The van der Waals surface area contributed by atoms with E-state index in [1.54, 1.807) is 10.7 Å². The van der Waals surface area contributed by atoms with Crippen LogP contribution in [0, 0.1) is 0 Å². The molecule has 1 heterocycles. The van der Waals surface area contributed by atoms with Crippen LogP contribution in [-0.2, 0) is 19.3 Å². The maximum absolute atomic E-state index is 13.8. The van der Waals surface area contributed by atoms with Gasteiger partial charge in [0.15, 0.2) is 0 Å². The summed E-state index contributed by atoms with van der Waals surface area (Å²) in [7, 11) is 0. The van der Waals surface area contributed by atoms with Crippen molar-refractivity contribution >= 4 is 16.6 Å². The van der Waals surface area contributed by atoms with E-state index >= 15 is 0 Å². The third kappa shape index (κ3) is 4.96. The molecular weight excluding hydrogens is 471 g/mol. The molecule has 37 heavy (non-hydrogen) atoms. The van der Waals surface area contributed by atoms with Crippen molar-refractivity contribution < 1.29 is 13.2 Å². The lowest BCUT2D eigenvalue weighted by molar-refractivity contribution is -0.136. The van der Waals surface area contributed by atoms with Crippen molar-refractivity contribution in [2.24, 2.45) is 0 Å². The third-order valence-corrected chi connectivity index (χ3v) is 6.91. The molecule has 0 amide bonds. The first kappa shape index (κ1) is 23.3. The fraction of sp³-hybridized carbons (Fsp3) is 0.194. The highest BCUT2D eigenvalue weighted by molar-refractivity contribution is 5.95. The molecule has 0 unspecified atom stereocenters. The van der Waals surface area contributed by atoms with E-state index in [1.165, 1.54) is 30.0 Å². The summed E-state index contributed by atoms with van der Waals surface area (Å²) in [6.45, 7) is 1.03. The molecule has 1 aliphatic carbocycles. The standard InChI is InChI=1S/C31H26F3N3/c32-31(33,34)28-11-5-10-27-29(28)36-37(20-22-6-2-1-3-7-22)30(27)25-8-4-9-26(18-25)35-19-21-12-14-23(15-13-21)24-16-17-24/h1-15,18,24,35H,16-17,19-20H2. The lowest BCUT2D eigenvalue weighted by Gasteiger charge is -2.12. The van der Waals surface area contributed by atoms with Gasteiger partial charge in [-0.05, 0) is 53.6 Å². The van der Waals surface area contributed by atoms with Crippen LogP contribution in [0.5, 0.6) is 0 Å². The van der Waals surface area contributed by atoms with E-state index in [0.29, 0.717) is 24.2 Å². The first-order chi connectivity index (χ1) is 18.0. The van der Waals surface area contributed by atoms with Crippen molar-refractivity contribution in [3.05, 3.63) is 119 Å². The van der Waals surface area contributed by atoms with E-state index in [-0.39, 0.29) is 5.52 Å². The minimum absolute atomic E-state index is 0.0324. The maximum atomic E-state index is 13.8. The maximum Gasteiger partial charge on any atom is 0.418 e. The first-order valence-electron chi connectivity index (χ1n) is 12.5. The summed E-state index contributed by atoms with van der Waals surface area (Å²) < 4.78 is 43.2. The number of fused-ring (bicyclic) bond motifs is 1. The van der Waals surface area contributed by atoms with Gasteiger partial charge in [-0.1, -0.05) is 78.9 Å². The molecule has 5 aromatic rings. The van der Waals surface area contributed by atoms with Gasteiger partial charge < -0.3 is 5.32 Å². The Bertz CT molecular complexity index is 1530. The van der Waals surface area contributed by atoms with Gasteiger partial charge in [0.05, 0.1) is 17.8 Å².